The maximum absolute atomic E-state index is 5.86. The lowest BCUT2D eigenvalue weighted by atomic mass is 10.0. The molecule has 0 spiro atoms. The SMILES string of the molecule is CCOc1ccc(C(NC)c2ccc(Cl)cn2)cc1. The third-order valence-electron chi connectivity index (χ3n) is 2.86. The van der Waals surface area contributed by atoms with Gasteiger partial charge in [-0.1, -0.05) is 23.7 Å². The van der Waals surface area contributed by atoms with Crippen molar-refractivity contribution in [1.29, 1.82) is 0 Å². The molecule has 0 aliphatic heterocycles. The van der Waals surface area contributed by atoms with Crippen LogP contribution in [0.5, 0.6) is 5.75 Å². The Morgan fingerprint density at radius 1 is 1.21 bits per heavy atom. The lowest BCUT2D eigenvalue weighted by molar-refractivity contribution is 0.340. The Labute approximate surface area is 118 Å². The molecule has 0 amide bonds. The molecule has 4 heteroatoms. The number of halogens is 1. The molecule has 3 nitrogen and oxygen atoms in total. The van der Waals surface area contributed by atoms with Crippen molar-refractivity contribution >= 4 is 11.6 Å². The number of hydrogen-bond donors (Lipinski definition) is 1. The van der Waals surface area contributed by atoms with Gasteiger partial charge in [0, 0.05) is 6.20 Å². The fourth-order valence-electron chi connectivity index (χ4n) is 1.97. The van der Waals surface area contributed by atoms with E-state index in [1.165, 1.54) is 0 Å². The van der Waals surface area contributed by atoms with Crippen molar-refractivity contribution < 1.29 is 4.74 Å². The number of pyridine rings is 1. The highest BCUT2D eigenvalue weighted by Crippen LogP contribution is 2.23. The summed E-state index contributed by atoms with van der Waals surface area (Å²) in [5.41, 5.74) is 2.08. The number of nitrogens with zero attached hydrogens (tertiary/aromatic N) is 1. The second-order valence-corrected chi connectivity index (χ2v) is 4.56. The summed E-state index contributed by atoms with van der Waals surface area (Å²) >= 11 is 5.86. The van der Waals surface area contributed by atoms with E-state index in [-0.39, 0.29) is 6.04 Å². The highest BCUT2D eigenvalue weighted by molar-refractivity contribution is 6.30. The minimum absolute atomic E-state index is 0.0490. The van der Waals surface area contributed by atoms with Crippen molar-refractivity contribution in [2.45, 2.75) is 13.0 Å². The summed E-state index contributed by atoms with van der Waals surface area (Å²) in [5.74, 6) is 0.880. The van der Waals surface area contributed by atoms with Crippen LogP contribution >= 0.6 is 11.6 Å². The largest absolute Gasteiger partial charge is 0.494 e. The summed E-state index contributed by atoms with van der Waals surface area (Å²) < 4.78 is 5.44. The molecule has 1 aromatic carbocycles. The molecule has 1 heterocycles. The Kier molecular flexibility index (Phi) is 4.77. The molecule has 1 aromatic heterocycles. The quantitative estimate of drug-likeness (QED) is 0.908. The van der Waals surface area contributed by atoms with Crippen LogP contribution in [0.4, 0.5) is 0 Å². The van der Waals surface area contributed by atoms with Crippen molar-refractivity contribution in [1.82, 2.24) is 10.3 Å². The average Bonchev–Trinajstić information content (AvgIpc) is 2.44. The van der Waals surface area contributed by atoms with Crippen molar-refractivity contribution in [3.8, 4) is 5.75 Å². The van der Waals surface area contributed by atoms with Crippen molar-refractivity contribution in [2.24, 2.45) is 0 Å². The second kappa shape index (κ2) is 6.55. The van der Waals surface area contributed by atoms with Crippen LogP contribution in [0.1, 0.15) is 24.2 Å². The molecular formula is C15H17ClN2O. The zero-order chi connectivity index (χ0) is 13.7. The number of aromatic nitrogens is 1. The first-order chi connectivity index (χ1) is 9.24. The first-order valence-electron chi connectivity index (χ1n) is 6.26. The fourth-order valence-corrected chi connectivity index (χ4v) is 2.08. The summed E-state index contributed by atoms with van der Waals surface area (Å²) in [5, 5.41) is 3.90. The monoisotopic (exact) mass is 276 g/mol. The minimum Gasteiger partial charge on any atom is -0.494 e. The molecule has 2 rings (SSSR count). The summed E-state index contributed by atoms with van der Waals surface area (Å²) in [7, 11) is 1.91. The molecule has 1 N–H and O–H groups in total. The van der Waals surface area contributed by atoms with Gasteiger partial charge in [-0.15, -0.1) is 0 Å². The molecule has 0 aliphatic rings. The van der Waals surface area contributed by atoms with E-state index >= 15 is 0 Å². The van der Waals surface area contributed by atoms with Crippen LogP contribution in [0.15, 0.2) is 42.6 Å². The highest BCUT2D eigenvalue weighted by atomic mass is 35.5. The van der Waals surface area contributed by atoms with E-state index in [4.69, 9.17) is 16.3 Å². The zero-order valence-electron chi connectivity index (χ0n) is 11.1. The van der Waals surface area contributed by atoms with Gasteiger partial charge in [0.2, 0.25) is 0 Å². The molecule has 1 unspecified atom stereocenters. The summed E-state index contributed by atoms with van der Waals surface area (Å²) in [6.45, 7) is 2.65. The number of nitrogens with one attached hydrogen (secondary N) is 1. The summed E-state index contributed by atoms with van der Waals surface area (Å²) in [6, 6.07) is 11.9. The lowest BCUT2D eigenvalue weighted by Crippen LogP contribution is -2.18. The Balaban J connectivity index is 2.23. The van der Waals surface area contributed by atoms with E-state index in [0.717, 1.165) is 17.0 Å². The van der Waals surface area contributed by atoms with E-state index in [0.29, 0.717) is 11.6 Å². The lowest BCUT2D eigenvalue weighted by Gasteiger charge is -2.16. The number of hydrogen-bond acceptors (Lipinski definition) is 3. The van der Waals surface area contributed by atoms with Crippen LogP contribution in [0, 0.1) is 0 Å². The van der Waals surface area contributed by atoms with E-state index in [9.17, 15) is 0 Å². The van der Waals surface area contributed by atoms with E-state index in [1.54, 1.807) is 6.20 Å². The minimum atomic E-state index is 0.0490. The van der Waals surface area contributed by atoms with Gasteiger partial charge in [-0.25, -0.2) is 0 Å². The molecule has 0 bridgehead atoms. The molecule has 1 atom stereocenters. The van der Waals surface area contributed by atoms with E-state index < -0.39 is 0 Å². The Hall–Kier alpha value is -1.58. The normalized spacial score (nSPS) is 12.2. The molecule has 0 radical (unpaired) electrons. The number of benzene rings is 1. The van der Waals surface area contributed by atoms with Crippen LogP contribution in [-0.4, -0.2) is 18.6 Å². The molecule has 0 saturated heterocycles. The van der Waals surface area contributed by atoms with Gasteiger partial charge in [-0.05, 0) is 43.8 Å². The maximum Gasteiger partial charge on any atom is 0.119 e. The fraction of sp³-hybridized carbons (Fsp3) is 0.267. The molecule has 2 aromatic rings. The smallest absolute Gasteiger partial charge is 0.119 e. The van der Waals surface area contributed by atoms with Crippen LogP contribution in [0.2, 0.25) is 5.02 Å². The van der Waals surface area contributed by atoms with Crippen molar-refractivity contribution in [3.05, 3.63) is 58.9 Å². The number of ether oxygens (including phenoxy) is 1. The van der Waals surface area contributed by atoms with Gasteiger partial charge in [-0.2, -0.15) is 0 Å². The van der Waals surface area contributed by atoms with Gasteiger partial charge in [0.25, 0.3) is 0 Å². The predicted octanol–water partition coefficient (Wildman–Crippen LogP) is 3.44. The Bertz CT molecular complexity index is 511. The molecule has 0 aliphatic carbocycles. The molecule has 0 saturated carbocycles. The van der Waals surface area contributed by atoms with Crippen molar-refractivity contribution in [3.63, 3.8) is 0 Å². The van der Waals surface area contributed by atoms with Crippen LogP contribution in [0.25, 0.3) is 0 Å². The summed E-state index contributed by atoms with van der Waals surface area (Å²) in [4.78, 5) is 4.36. The molecule has 0 fully saturated rings. The Morgan fingerprint density at radius 2 is 1.95 bits per heavy atom. The highest BCUT2D eigenvalue weighted by Gasteiger charge is 2.13. The number of rotatable bonds is 5. The van der Waals surface area contributed by atoms with Gasteiger partial charge in [-0.3, -0.25) is 4.98 Å². The van der Waals surface area contributed by atoms with Crippen LogP contribution < -0.4 is 10.1 Å². The average molecular weight is 277 g/mol. The van der Waals surface area contributed by atoms with Crippen LogP contribution in [-0.2, 0) is 0 Å². The third-order valence-corrected chi connectivity index (χ3v) is 3.08. The Morgan fingerprint density at radius 3 is 2.47 bits per heavy atom. The molecule has 19 heavy (non-hydrogen) atoms. The zero-order valence-corrected chi connectivity index (χ0v) is 11.8. The first-order valence-corrected chi connectivity index (χ1v) is 6.64. The van der Waals surface area contributed by atoms with Gasteiger partial charge in [0.1, 0.15) is 5.75 Å². The standard InChI is InChI=1S/C15H17ClN2O/c1-3-19-13-7-4-11(5-8-13)15(17-2)14-9-6-12(16)10-18-14/h4-10,15,17H,3H2,1-2H3. The summed E-state index contributed by atoms with van der Waals surface area (Å²) in [6.07, 6.45) is 1.66. The van der Waals surface area contributed by atoms with Gasteiger partial charge >= 0.3 is 0 Å². The topological polar surface area (TPSA) is 34.1 Å². The third kappa shape index (κ3) is 3.46. The van der Waals surface area contributed by atoms with Crippen molar-refractivity contribution in [2.75, 3.05) is 13.7 Å². The van der Waals surface area contributed by atoms with E-state index in [1.807, 2.05) is 50.4 Å². The van der Waals surface area contributed by atoms with Crippen LogP contribution in [0.3, 0.4) is 0 Å². The predicted molar refractivity (Wildman–Crippen MR) is 77.8 cm³/mol. The maximum atomic E-state index is 5.86. The second-order valence-electron chi connectivity index (χ2n) is 4.13. The molecule has 100 valence electrons. The first kappa shape index (κ1) is 13.8. The van der Waals surface area contributed by atoms with Gasteiger partial charge in [0.15, 0.2) is 0 Å². The van der Waals surface area contributed by atoms with E-state index in [2.05, 4.69) is 10.3 Å². The van der Waals surface area contributed by atoms with Gasteiger partial charge in [0.05, 0.1) is 23.4 Å². The van der Waals surface area contributed by atoms with Gasteiger partial charge < -0.3 is 10.1 Å². The molecular weight excluding hydrogens is 260 g/mol.